The molecule has 0 saturated carbocycles. The Labute approximate surface area is 75.1 Å². The summed E-state index contributed by atoms with van der Waals surface area (Å²) in [7, 11) is 0. The summed E-state index contributed by atoms with van der Waals surface area (Å²) >= 11 is 0. The minimum atomic E-state index is -0.465. The second-order valence-corrected chi connectivity index (χ2v) is 2.70. The van der Waals surface area contributed by atoms with Gasteiger partial charge in [0.15, 0.2) is 0 Å². The van der Waals surface area contributed by atoms with Crippen molar-refractivity contribution in [1.29, 1.82) is 0 Å². The number of nitro groups is 1. The molecule has 5 heteroatoms. The molecule has 0 radical (unpaired) electrons. The molecule has 5 nitrogen and oxygen atoms in total. The Morgan fingerprint density at radius 3 is 2.85 bits per heavy atom. The zero-order valence-electron chi connectivity index (χ0n) is 7.10. The van der Waals surface area contributed by atoms with Crippen LogP contribution in [0, 0.1) is 10.1 Å². The third-order valence-corrected chi connectivity index (χ3v) is 1.77. The Balaban J connectivity index is 2.98. The number of hydroxylamine groups is 1. The number of non-ortho nitro benzene ring substituents is 1. The fourth-order valence-electron chi connectivity index (χ4n) is 0.982. The van der Waals surface area contributed by atoms with Crippen molar-refractivity contribution in [2.75, 3.05) is 0 Å². The highest BCUT2D eigenvalue weighted by atomic mass is 16.6. The molecule has 1 rings (SSSR count). The van der Waals surface area contributed by atoms with Gasteiger partial charge in [-0.2, -0.15) is 5.48 Å². The molecule has 0 aliphatic carbocycles. The van der Waals surface area contributed by atoms with Gasteiger partial charge < -0.3 is 5.21 Å². The Morgan fingerprint density at radius 2 is 2.31 bits per heavy atom. The van der Waals surface area contributed by atoms with E-state index in [0.29, 0.717) is 5.56 Å². The Morgan fingerprint density at radius 1 is 1.62 bits per heavy atom. The summed E-state index contributed by atoms with van der Waals surface area (Å²) in [6, 6.07) is 5.82. The minimum Gasteiger partial charge on any atom is -0.316 e. The average Bonchev–Trinajstić information content (AvgIpc) is 2.17. The van der Waals surface area contributed by atoms with Crippen LogP contribution in [-0.2, 0) is 0 Å². The van der Waals surface area contributed by atoms with Gasteiger partial charge in [-0.15, -0.1) is 0 Å². The number of hydrogen-bond donors (Lipinski definition) is 2. The van der Waals surface area contributed by atoms with Crippen molar-refractivity contribution in [1.82, 2.24) is 5.48 Å². The van der Waals surface area contributed by atoms with E-state index in [1.54, 1.807) is 19.1 Å². The maximum absolute atomic E-state index is 10.4. The molecule has 1 atom stereocenters. The van der Waals surface area contributed by atoms with E-state index >= 15 is 0 Å². The molecule has 2 N–H and O–H groups in total. The molecular formula is C8H10N2O3. The largest absolute Gasteiger partial charge is 0.316 e. The highest BCUT2D eigenvalue weighted by Gasteiger charge is 2.09. The van der Waals surface area contributed by atoms with E-state index in [1.165, 1.54) is 12.1 Å². The maximum Gasteiger partial charge on any atom is 0.269 e. The zero-order chi connectivity index (χ0) is 9.84. The molecule has 0 bridgehead atoms. The molecular weight excluding hydrogens is 172 g/mol. The van der Waals surface area contributed by atoms with Gasteiger partial charge in [0.25, 0.3) is 5.69 Å². The van der Waals surface area contributed by atoms with Crippen molar-refractivity contribution in [3.8, 4) is 0 Å². The van der Waals surface area contributed by atoms with Crippen molar-refractivity contribution in [3.05, 3.63) is 39.9 Å². The van der Waals surface area contributed by atoms with Gasteiger partial charge in [-0.3, -0.25) is 10.1 Å². The molecule has 0 aliphatic heterocycles. The Hall–Kier alpha value is -1.46. The highest BCUT2D eigenvalue weighted by molar-refractivity contribution is 5.35. The third-order valence-electron chi connectivity index (χ3n) is 1.77. The summed E-state index contributed by atoms with van der Waals surface area (Å²) in [5.41, 5.74) is 2.73. The Bertz CT molecular complexity index is 314. The smallest absolute Gasteiger partial charge is 0.269 e. The fourth-order valence-corrected chi connectivity index (χ4v) is 0.982. The van der Waals surface area contributed by atoms with Crippen LogP contribution < -0.4 is 5.48 Å². The van der Waals surface area contributed by atoms with E-state index in [2.05, 4.69) is 0 Å². The van der Waals surface area contributed by atoms with Crippen molar-refractivity contribution in [3.63, 3.8) is 0 Å². The van der Waals surface area contributed by atoms with Crippen LogP contribution in [-0.4, -0.2) is 10.1 Å². The van der Waals surface area contributed by atoms with E-state index in [4.69, 9.17) is 5.21 Å². The van der Waals surface area contributed by atoms with Gasteiger partial charge in [-0.05, 0) is 12.5 Å². The first-order valence-electron chi connectivity index (χ1n) is 3.79. The SMILES string of the molecule is C[C@@H](NO)c1cccc([N+](=O)[O-])c1. The molecule has 13 heavy (non-hydrogen) atoms. The summed E-state index contributed by atoms with van der Waals surface area (Å²) in [6.45, 7) is 1.71. The monoisotopic (exact) mass is 182 g/mol. The third kappa shape index (κ3) is 2.24. The number of nitro benzene ring substituents is 1. The predicted molar refractivity (Wildman–Crippen MR) is 46.4 cm³/mol. The van der Waals surface area contributed by atoms with Gasteiger partial charge in [-0.1, -0.05) is 12.1 Å². The van der Waals surface area contributed by atoms with Crippen LogP contribution >= 0.6 is 0 Å². The molecule has 0 amide bonds. The lowest BCUT2D eigenvalue weighted by Crippen LogP contribution is -2.13. The molecule has 1 aromatic carbocycles. The van der Waals surface area contributed by atoms with E-state index in [0.717, 1.165) is 0 Å². The van der Waals surface area contributed by atoms with Crippen molar-refractivity contribution < 1.29 is 10.1 Å². The first kappa shape index (κ1) is 9.63. The minimum absolute atomic E-state index is 0.0274. The van der Waals surface area contributed by atoms with Gasteiger partial charge in [0.1, 0.15) is 0 Å². The van der Waals surface area contributed by atoms with E-state index in [9.17, 15) is 10.1 Å². The molecule has 0 unspecified atom stereocenters. The van der Waals surface area contributed by atoms with Crippen LogP contribution in [0.5, 0.6) is 0 Å². The number of rotatable bonds is 3. The lowest BCUT2D eigenvalue weighted by atomic mass is 10.1. The predicted octanol–water partition coefficient (Wildman–Crippen LogP) is 1.63. The highest BCUT2D eigenvalue weighted by Crippen LogP contribution is 2.18. The molecule has 0 saturated heterocycles. The van der Waals surface area contributed by atoms with Gasteiger partial charge in [0, 0.05) is 12.1 Å². The van der Waals surface area contributed by atoms with Gasteiger partial charge >= 0.3 is 0 Å². The molecule has 70 valence electrons. The normalized spacial score (nSPS) is 12.5. The standard InChI is InChI=1S/C8H10N2O3/c1-6(9-11)7-3-2-4-8(5-7)10(12)13/h2-6,9,11H,1H3/t6-/m1/s1. The molecule has 0 heterocycles. The number of hydrogen-bond acceptors (Lipinski definition) is 4. The summed E-state index contributed by atoms with van der Waals surface area (Å²) in [6.07, 6.45) is 0. The lowest BCUT2D eigenvalue weighted by molar-refractivity contribution is -0.384. The van der Waals surface area contributed by atoms with Crippen LogP contribution in [0.3, 0.4) is 0 Å². The first-order chi connectivity index (χ1) is 6.15. The summed E-state index contributed by atoms with van der Waals surface area (Å²) < 4.78 is 0. The van der Waals surface area contributed by atoms with Crippen LogP contribution in [0.1, 0.15) is 18.5 Å². The fraction of sp³-hybridized carbons (Fsp3) is 0.250. The molecule has 0 aromatic heterocycles. The second kappa shape index (κ2) is 3.97. The van der Waals surface area contributed by atoms with Gasteiger partial charge in [0.05, 0.1) is 11.0 Å². The number of nitrogens with one attached hydrogen (secondary N) is 1. The summed E-state index contributed by atoms with van der Waals surface area (Å²) in [4.78, 5) is 9.92. The molecule has 0 spiro atoms. The van der Waals surface area contributed by atoms with Crippen LogP contribution in [0.15, 0.2) is 24.3 Å². The molecule has 1 aromatic rings. The quantitative estimate of drug-likeness (QED) is 0.550. The van der Waals surface area contributed by atoms with Gasteiger partial charge in [0.2, 0.25) is 0 Å². The summed E-state index contributed by atoms with van der Waals surface area (Å²) in [5, 5.41) is 19.0. The van der Waals surface area contributed by atoms with Crippen molar-refractivity contribution >= 4 is 5.69 Å². The van der Waals surface area contributed by atoms with Crippen LogP contribution in [0.2, 0.25) is 0 Å². The lowest BCUT2D eigenvalue weighted by Gasteiger charge is -2.07. The zero-order valence-corrected chi connectivity index (χ0v) is 7.10. The maximum atomic E-state index is 10.4. The van der Waals surface area contributed by atoms with E-state index < -0.39 is 4.92 Å². The van der Waals surface area contributed by atoms with Gasteiger partial charge in [-0.25, -0.2) is 0 Å². The topological polar surface area (TPSA) is 75.4 Å². The second-order valence-electron chi connectivity index (χ2n) is 2.70. The van der Waals surface area contributed by atoms with E-state index in [-0.39, 0.29) is 11.7 Å². The number of benzene rings is 1. The van der Waals surface area contributed by atoms with Crippen molar-refractivity contribution in [2.45, 2.75) is 13.0 Å². The number of nitrogens with zero attached hydrogens (tertiary/aromatic N) is 1. The average molecular weight is 182 g/mol. The summed E-state index contributed by atoms with van der Waals surface area (Å²) in [5.74, 6) is 0. The molecule has 0 fully saturated rings. The Kier molecular flexibility index (Phi) is 2.94. The van der Waals surface area contributed by atoms with Crippen molar-refractivity contribution in [2.24, 2.45) is 0 Å². The van der Waals surface area contributed by atoms with Crippen LogP contribution in [0.25, 0.3) is 0 Å². The molecule has 0 aliphatic rings. The first-order valence-corrected chi connectivity index (χ1v) is 3.79. The van der Waals surface area contributed by atoms with Crippen LogP contribution in [0.4, 0.5) is 5.69 Å². The van der Waals surface area contributed by atoms with E-state index in [1.807, 2.05) is 5.48 Å².